The molecule has 1 saturated heterocycles. The molecule has 0 spiro atoms. The van der Waals surface area contributed by atoms with Crippen LogP contribution >= 0.6 is 35.6 Å². The fraction of sp³-hybridized carbons (Fsp3) is 0.0556. The first-order valence-electron chi connectivity index (χ1n) is 7.56. The van der Waals surface area contributed by atoms with Gasteiger partial charge in [0, 0.05) is 5.02 Å². The van der Waals surface area contributed by atoms with Crippen LogP contribution in [0.15, 0.2) is 47.0 Å². The van der Waals surface area contributed by atoms with Gasteiger partial charge in [0.05, 0.1) is 16.9 Å². The number of amides is 2. The van der Waals surface area contributed by atoms with E-state index in [9.17, 15) is 9.59 Å². The third-order valence-corrected chi connectivity index (χ3v) is 4.91. The number of carbonyl (C=O) groups excluding carboxylic acids is 2. The summed E-state index contributed by atoms with van der Waals surface area (Å²) in [7, 11) is 0. The highest BCUT2D eigenvalue weighted by molar-refractivity contribution is 7.98. The highest BCUT2D eigenvalue weighted by Gasteiger charge is 2.34. The Labute approximate surface area is 169 Å². The molecule has 1 N–H and O–H groups in total. The SMILES string of the molecule is CSc1nc(/C=C2\C(=O)NC(=S)N(c3ccc(Cl)cc3)C2=O)ccc1C#N. The summed E-state index contributed by atoms with van der Waals surface area (Å²) in [5, 5.41) is 12.6. The molecule has 1 aromatic carbocycles. The lowest BCUT2D eigenvalue weighted by molar-refractivity contribution is -0.122. The number of pyridine rings is 1. The Morgan fingerprint density at radius 1 is 1.26 bits per heavy atom. The van der Waals surface area contributed by atoms with Gasteiger partial charge in [-0.15, -0.1) is 11.8 Å². The summed E-state index contributed by atoms with van der Waals surface area (Å²) < 4.78 is 0. The number of hydrogen-bond acceptors (Lipinski definition) is 6. The average Bonchev–Trinajstić information content (AvgIpc) is 2.66. The first-order valence-corrected chi connectivity index (χ1v) is 9.58. The van der Waals surface area contributed by atoms with Gasteiger partial charge in [0.2, 0.25) is 0 Å². The molecule has 0 saturated carbocycles. The van der Waals surface area contributed by atoms with Crippen LogP contribution in [0.4, 0.5) is 5.69 Å². The summed E-state index contributed by atoms with van der Waals surface area (Å²) in [6.45, 7) is 0. The van der Waals surface area contributed by atoms with Crippen molar-refractivity contribution < 1.29 is 9.59 Å². The monoisotopic (exact) mass is 414 g/mol. The van der Waals surface area contributed by atoms with Gasteiger partial charge in [0.25, 0.3) is 11.8 Å². The minimum Gasteiger partial charge on any atom is -0.298 e. The minimum absolute atomic E-state index is 0.0120. The molecule has 2 aromatic rings. The molecule has 0 radical (unpaired) electrons. The van der Waals surface area contributed by atoms with Crippen LogP contribution in [-0.4, -0.2) is 28.2 Å². The van der Waals surface area contributed by atoms with E-state index in [1.807, 2.05) is 6.07 Å². The van der Waals surface area contributed by atoms with Crippen LogP contribution in [0.3, 0.4) is 0 Å². The maximum absolute atomic E-state index is 12.9. The van der Waals surface area contributed by atoms with Gasteiger partial charge in [-0.1, -0.05) is 11.6 Å². The fourth-order valence-electron chi connectivity index (χ4n) is 2.41. The van der Waals surface area contributed by atoms with E-state index >= 15 is 0 Å². The number of benzene rings is 1. The molecule has 1 aliphatic heterocycles. The predicted octanol–water partition coefficient (Wildman–Crippen LogP) is 3.16. The van der Waals surface area contributed by atoms with Gasteiger partial charge in [0.15, 0.2) is 5.11 Å². The van der Waals surface area contributed by atoms with Crippen LogP contribution in [0, 0.1) is 11.3 Å². The number of rotatable bonds is 3. The van der Waals surface area contributed by atoms with Gasteiger partial charge in [-0.05, 0) is 60.9 Å². The third kappa shape index (κ3) is 3.85. The van der Waals surface area contributed by atoms with E-state index in [1.54, 1.807) is 42.7 Å². The average molecular weight is 415 g/mol. The predicted molar refractivity (Wildman–Crippen MR) is 108 cm³/mol. The van der Waals surface area contributed by atoms with Gasteiger partial charge in [-0.25, -0.2) is 4.98 Å². The first kappa shape index (κ1) is 19.0. The molecule has 1 aliphatic rings. The minimum atomic E-state index is -0.605. The standard InChI is InChI=1S/C18H11ClN4O2S2/c1-27-16-10(9-20)2-5-12(21-16)8-14-15(24)22-18(26)23(17(14)25)13-6-3-11(19)4-7-13/h2-8H,1H3,(H,22,24,26)/b14-8+. The highest BCUT2D eigenvalue weighted by atomic mass is 35.5. The lowest BCUT2D eigenvalue weighted by Gasteiger charge is -2.28. The number of nitriles is 1. The molecule has 134 valence electrons. The van der Waals surface area contributed by atoms with E-state index < -0.39 is 11.8 Å². The summed E-state index contributed by atoms with van der Waals surface area (Å²) in [5.41, 5.74) is 1.19. The van der Waals surface area contributed by atoms with Crippen LogP contribution in [0.5, 0.6) is 0 Å². The van der Waals surface area contributed by atoms with Gasteiger partial charge in [0.1, 0.15) is 16.7 Å². The number of carbonyl (C=O) groups is 2. The van der Waals surface area contributed by atoms with Crippen molar-refractivity contribution in [2.24, 2.45) is 0 Å². The summed E-state index contributed by atoms with van der Waals surface area (Å²) in [6.07, 6.45) is 3.17. The van der Waals surface area contributed by atoms with Crippen LogP contribution in [0.25, 0.3) is 6.08 Å². The topological polar surface area (TPSA) is 86.1 Å². The maximum Gasteiger partial charge on any atom is 0.270 e. The molecule has 1 aromatic heterocycles. The lowest BCUT2D eigenvalue weighted by atomic mass is 10.1. The van der Waals surface area contributed by atoms with Gasteiger partial charge >= 0.3 is 0 Å². The largest absolute Gasteiger partial charge is 0.298 e. The second-order valence-corrected chi connectivity index (χ2v) is 6.96. The van der Waals surface area contributed by atoms with Crippen LogP contribution < -0.4 is 10.2 Å². The van der Waals surface area contributed by atoms with Gasteiger partial charge < -0.3 is 0 Å². The van der Waals surface area contributed by atoms with E-state index in [0.29, 0.717) is 27.0 Å². The maximum atomic E-state index is 12.9. The number of hydrogen-bond donors (Lipinski definition) is 1. The van der Waals surface area contributed by atoms with Crippen LogP contribution in [0.1, 0.15) is 11.3 Å². The zero-order valence-electron chi connectivity index (χ0n) is 13.9. The molecule has 9 heteroatoms. The Hall–Kier alpha value is -2.73. The third-order valence-electron chi connectivity index (χ3n) is 3.67. The summed E-state index contributed by atoms with van der Waals surface area (Å²) >= 11 is 12.3. The Morgan fingerprint density at radius 3 is 2.59 bits per heavy atom. The second kappa shape index (κ2) is 7.88. The molecular weight excluding hydrogens is 404 g/mol. The Morgan fingerprint density at radius 2 is 1.96 bits per heavy atom. The number of halogens is 1. The molecule has 0 aliphatic carbocycles. The number of aromatic nitrogens is 1. The van der Waals surface area contributed by atoms with E-state index in [0.717, 1.165) is 0 Å². The quantitative estimate of drug-likeness (QED) is 0.359. The van der Waals surface area contributed by atoms with Gasteiger partial charge in [-0.3, -0.25) is 19.8 Å². The summed E-state index contributed by atoms with van der Waals surface area (Å²) in [5.74, 6) is -1.17. The normalized spacial score (nSPS) is 15.7. The number of nitrogens with one attached hydrogen (secondary N) is 1. The van der Waals surface area contributed by atoms with Crippen molar-refractivity contribution in [2.45, 2.75) is 5.03 Å². The zero-order valence-corrected chi connectivity index (χ0v) is 16.3. The molecule has 3 rings (SSSR count). The van der Waals surface area contributed by atoms with E-state index in [1.165, 1.54) is 22.7 Å². The van der Waals surface area contributed by atoms with Crippen molar-refractivity contribution in [3.05, 3.63) is 58.3 Å². The van der Waals surface area contributed by atoms with Crippen molar-refractivity contribution in [3.8, 4) is 6.07 Å². The molecule has 6 nitrogen and oxygen atoms in total. The molecule has 0 bridgehead atoms. The van der Waals surface area contributed by atoms with Crippen molar-refractivity contribution in [3.63, 3.8) is 0 Å². The van der Waals surface area contributed by atoms with Crippen molar-refractivity contribution in [2.75, 3.05) is 11.2 Å². The molecule has 0 atom stereocenters. The zero-order chi connectivity index (χ0) is 19.6. The van der Waals surface area contributed by atoms with E-state index in [4.69, 9.17) is 29.1 Å². The smallest absolute Gasteiger partial charge is 0.270 e. The summed E-state index contributed by atoms with van der Waals surface area (Å²) in [4.78, 5) is 30.7. The fourth-order valence-corrected chi connectivity index (χ4v) is 3.34. The van der Waals surface area contributed by atoms with E-state index in [2.05, 4.69) is 10.3 Å². The Balaban J connectivity index is 2.02. The van der Waals surface area contributed by atoms with Gasteiger partial charge in [-0.2, -0.15) is 5.26 Å². The number of nitrogens with zero attached hydrogens (tertiary/aromatic N) is 3. The number of anilines is 1. The Kier molecular flexibility index (Phi) is 5.56. The molecule has 1 fully saturated rings. The first-order chi connectivity index (χ1) is 12.9. The van der Waals surface area contributed by atoms with Crippen LogP contribution in [0.2, 0.25) is 5.02 Å². The van der Waals surface area contributed by atoms with Crippen molar-refractivity contribution >= 4 is 64.3 Å². The molecular formula is C18H11ClN4O2S2. The van der Waals surface area contributed by atoms with E-state index in [-0.39, 0.29) is 10.7 Å². The summed E-state index contributed by atoms with van der Waals surface area (Å²) in [6, 6.07) is 11.7. The Bertz CT molecular complexity index is 1030. The molecule has 2 amide bonds. The highest BCUT2D eigenvalue weighted by Crippen LogP contribution is 2.24. The molecule has 2 heterocycles. The van der Waals surface area contributed by atoms with Crippen molar-refractivity contribution in [1.29, 1.82) is 5.26 Å². The molecule has 27 heavy (non-hydrogen) atoms. The number of thiocarbonyl (C=S) groups is 1. The second-order valence-electron chi connectivity index (χ2n) is 5.34. The van der Waals surface area contributed by atoms with Crippen LogP contribution in [-0.2, 0) is 9.59 Å². The number of thioether (sulfide) groups is 1. The lowest BCUT2D eigenvalue weighted by Crippen LogP contribution is -2.54. The van der Waals surface area contributed by atoms with Crippen molar-refractivity contribution in [1.82, 2.24) is 10.3 Å². The molecule has 0 unspecified atom stereocenters.